The van der Waals surface area contributed by atoms with Crippen LogP contribution in [0.3, 0.4) is 0 Å². The van der Waals surface area contributed by atoms with E-state index in [4.69, 9.17) is 15.7 Å². The second-order valence-corrected chi connectivity index (χ2v) is 11.5. The van der Waals surface area contributed by atoms with Crippen molar-refractivity contribution in [2.45, 2.75) is 42.7 Å². The van der Waals surface area contributed by atoms with Crippen LogP contribution in [0.15, 0.2) is 48.7 Å². The van der Waals surface area contributed by atoms with Crippen LogP contribution < -0.4 is 11.2 Å². The van der Waals surface area contributed by atoms with Crippen molar-refractivity contribution in [1.29, 1.82) is 0 Å². The predicted molar refractivity (Wildman–Crippen MR) is 131 cm³/mol. The number of ether oxygens (including phenoxy) is 1. The highest BCUT2D eigenvalue weighted by Gasteiger charge is 2.52. The summed E-state index contributed by atoms with van der Waals surface area (Å²) in [5, 5.41) is 14.2. The molecule has 0 aliphatic heterocycles. The molecule has 2 atom stereocenters. The molecule has 1 unspecified atom stereocenters. The third-order valence-electron chi connectivity index (χ3n) is 6.66. The fourth-order valence-electron chi connectivity index (χ4n) is 3.95. The SMILES string of the molecule is C[C@](C(=O)NO)(C(Cn1cc2cc(C#Cc3ccc(C4(N)CC4)cc3)ccc2n1)OC=O)S(C)(=O)=O. The first-order valence-electron chi connectivity index (χ1n) is 11.1. The maximum Gasteiger partial charge on any atom is 0.293 e. The minimum absolute atomic E-state index is 0.0558. The lowest BCUT2D eigenvalue weighted by molar-refractivity contribution is -0.143. The largest absolute Gasteiger partial charge is 0.460 e. The molecule has 188 valence electrons. The Hall–Kier alpha value is -3.72. The molecule has 2 aromatic carbocycles. The van der Waals surface area contributed by atoms with Gasteiger partial charge in [0, 0.05) is 34.5 Å². The fraction of sp³-hybridized carbons (Fsp3) is 0.320. The van der Waals surface area contributed by atoms with Crippen molar-refractivity contribution in [1.82, 2.24) is 15.3 Å². The van der Waals surface area contributed by atoms with Crippen LogP contribution in [0.5, 0.6) is 0 Å². The Morgan fingerprint density at radius 2 is 1.92 bits per heavy atom. The highest BCUT2D eigenvalue weighted by Crippen LogP contribution is 2.42. The molecular weight excluding hydrogens is 484 g/mol. The number of hydrogen-bond acceptors (Lipinski definition) is 8. The van der Waals surface area contributed by atoms with Crippen LogP contribution in [0.1, 0.15) is 36.5 Å². The first kappa shape index (κ1) is 25.4. The molecular formula is C25H26N4O6S. The number of sulfone groups is 1. The smallest absolute Gasteiger partial charge is 0.293 e. The number of amides is 1. The molecule has 0 spiro atoms. The molecule has 1 aromatic heterocycles. The molecule has 0 bridgehead atoms. The number of benzene rings is 2. The van der Waals surface area contributed by atoms with Crippen molar-refractivity contribution in [3.05, 3.63) is 65.4 Å². The van der Waals surface area contributed by atoms with E-state index in [1.54, 1.807) is 18.3 Å². The Bertz CT molecular complexity index is 1480. The topological polar surface area (TPSA) is 154 Å². The van der Waals surface area contributed by atoms with Crippen molar-refractivity contribution in [3.63, 3.8) is 0 Å². The molecule has 1 saturated carbocycles. The Balaban J connectivity index is 1.58. The van der Waals surface area contributed by atoms with E-state index in [1.807, 2.05) is 30.3 Å². The van der Waals surface area contributed by atoms with E-state index in [2.05, 4.69) is 16.9 Å². The number of aromatic nitrogens is 2. The summed E-state index contributed by atoms with van der Waals surface area (Å²) in [6, 6.07) is 13.3. The number of hydroxylamine groups is 1. The summed E-state index contributed by atoms with van der Waals surface area (Å²) >= 11 is 0. The van der Waals surface area contributed by atoms with E-state index < -0.39 is 26.6 Å². The Labute approximate surface area is 208 Å². The number of fused-ring (bicyclic) bond motifs is 1. The molecule has 0 saturated heterocycles. The van der Waals surface area contributed by atoms with Crippen molar-refractivity contribution in [2.75, 3.05) is 6.26 Å². The van der Waals surface area contributed by atoms with Crippen LogP contribution in [0.25, 0.3) is 10.9 Å². The highest BCUT2D eigenvalue weighted by atomic mass is 32.2. The highest BCUT2D eigenvalue weighted by molar-refractivity contribution is 7.92. The number of hydrogen-bond donors (Lipinski definition) is 3. The number of rotatable bonds is 8. The normalized spacial score (nSPS) is 16.8. The van der Waals surface area contributed by atoms with Gasteiger partial charge in [0.15, 0.2) is 14.6 Å². The van der Waals surface area contributed by atoms with E-state index in [9.17, 15) is 18.0 Å². The molecule has 11 heteroatoms. The van der Waals surface area contributed by atoms with Crippen LogP contribution in [0.4, 0.5) is 0 Å². The van der Waals surface area contributed by atoms with Gasteiger partial charge in [-0.1, -0.05) is 24.0 Å². The quantitative estimate of drug-likeness (QED) is 0.177. The number of carbonyl (C=O) groups excluding carboxylic acids is 2. The van der Waals surface area contributed by atoms with Crippen molar-refractivity contribution >= 4 is 33.1 Å². The molecule has 1 amide bonds. The van der Waals surface area contributed by atoms with Crippen LogP contribution in [0, 0.1) is 11.8 Å². The molecule has 1 aliphatic rings. The van der Waals surface area contributed by atoms with Gasteiger partial charge in [0.25, 0.3) is 12.4 Å². The van der Waals surface area contributed by atoms with Gasteiger partial charge in [-0.2, -0.15) is 5.10 Å². The predicted octanol–water partition coefficient (Wildman–Crippen LogP) is 1.23. The Morgan fingerprint density at radius 1 is 1.28 bits per heavy atom. The van der Waals surface area contributed by atoms with Crippen LogP contribution in [-0.4, -0.2) is 52.9 Å². The fourth-order valence-corrected chi connectivity index (χ4v) is 4.94. The number of nitrogens with zero attached hydrogens (tertiary/aromatic N) is 2. The average Bonchev–Trinajstić information content (AvgIpc) is 3.47. The third-order valence-corrected chi connectivity index (χ3v) is 8.65. The Morgan fingerprint density at radius 3 is 2.50 bits per heavy atom. The maximum atomic E-state index is 12.4. The lowest BCUT2D eigenvalue weighted by atomic mass is 10.0. The standard InChI is InChI=1S/C25H26N4O6S/c1-24(23(31)28-32,36(2,33)34)22(35-16-30)15-29-14-19-13-18(7-10-21(19)27-29)4-3-17-5-8-20(9-6-17)25(26)11-12-25/h5-10,13-14,16,22,32H,11-12,15,26H2,1-2H3,(H,28,31)/t22?,24-/m1/s1. The van der Waals surface area contributed by atoms with Gasteiger partial charge in [0.05, 0.1) is 12.1 Å². The summed E-state index contributed by atoms with van der Waals surface area (Å²) in [5.41, 5.74) is 10.7. The third kappa shape index (κ3) is 4.83. The van der Waals surface area contributed by atoms with Gasteiger partial charge in [-0.15, -0.1) is 0 Å². The molecule has 36 heavy (non-hydrogen) atoms. The summed E-state index contributed by atoms with van der Waals surface area (Å²) < 4.78 is 28.9. The van der Waals surface area contributed by atoms with E-state index >= 15 is 0 Å². The van der Waals surface area contributed by atoms with Gasteiger partial charge in [-0.3, -0.25) is 19.5 Å². The first-order chi connectivity index (χ1) is 17.0. The average molecular weight is 511 g/mol. The number of carbonyl (C=O) groups is 2. The zero-order chi connectivity index (χ0) is 26.1. The summed E-state index contributed by atoms with van der Waals surface area (Å²) in [6.45, 7) is 0.879. The number of nitrogens with two attached hydrogens (primary N) is 1. The molecule has 0 radical (unpaired) electrons. The zero-order valence-corrected chi connectivity index (χ0v) is 20.6. The number of nitrogens with one attached hydrogen (secondary N) is 1. The first-order valence-corrected chi connectivity index (χ1v) is 13.0. The van der Waals surface area contributed by atoms with Gasteiger partial charge in [-0.05, 0) is 55.7 Å². The van der Waals surface area contributed by atoms with Gasteiger partial charge >= 0.3 is 0 Å². The van der Waals surface area contributed by atoms with Gasteiger partial charge in [0.2, 0.25) is 0 Å². The van der Waals surface area contributed by atoms with E-state index in [0.717, 1.165) is 42.7 Å². The molecule has 4 N–H and O–H groups in total. The summed E-state index contributed by atoms with van der Waals surface area (Å²) in [4.78, 5) is 23.4. The lowest BCUT2D eigenvalue weighted by Crippen LogP contribution is -2.59. The Kier molecular flexibility index (Phi) is 6.62. The molecule has 1 aliphatic carbocycles. The zero-order valence-electron chi connectivity index (χ0n) is 19.8. The van der Waals surface area contributed by atoms with Crippen molar-refractivity contribution in [3.8, 4) is 11.8 Å². The molecule has 4 rings (SSSR count). The molecule has 1 fully saturated rings. The summed E-state index contributed by atoms with van der Waals surface area (Å²) in [5.74, 6) is 5.01. The van der Waals surface area contributed by atoms with Crippen LogP contribution >= 0.6 is 0 Å². The van der Waals surface area contributed by atoms with E-state index in [0.29, 0.717) is 10.9 Å². The monoisotopic (exact) mass is 510 g/mol. The summed E-state index contributed by atoms with van der Waals surface area (Å²) in [6.07, 6.45) is 2.98. The second-order valence-electron chi connectivity index (χ2n) is 9.15. The minimum atomic E-state index is -4.12. The maximum absolute atomic E-state index is 12.4. The summed E-state index contributed by atoms with van der Waals surface area (Å²) in [7, 11) is -4.12. The van der Waals surface area contributed by atoms with Crippen molar-refractivity contribution in [2.24, 2.45) is 5.73 Å². The molecule has 3 aromatic rings. The lowest BCUT2D eigenvalue weighted by Gasteiger charge is -2.32. The van der Waals surface area contributed by atoms with Gasteiger partial charge in [-0.25, -0.2) is 13.9 Å². The van der Waals surface area contributed by atoms with Crippen LogP contribution in [0.2, 0.25) is 0 Å². The molecule has 10 nitrogen and oxygen atoms in total. The molecule has 1 heterocycles. The van der Waals surface area contributed by atoms with E-state index in [-0.39, 0.29) is 18.6 Å². The van der Waals surface area contributed by atoms with Crippen LogP contribution in [-0.2, 0) is 36.2 Å². The van der Waals surface area contributed by atoms with Gasteiger partial charge < -0.3 is 10.5 Å². The second kappa shape index (κ2) is 9.39. The minimum Gasteiger partial charge on any atom is -0.460 e. The van der Waals surface area contributed by atoms with E-state index in [1.165, 1.54) is 10.2 Å². The van der Waals surface area contributed by atoms with Crippen molar-refractivity contribution < 1.29 is 28.0 Å². The van der Waals surface area contributed by atoms with Gasteiger partial charge in [0.1, 0.15) is 6.10 Å².